The van der Waals surface area contributed by atoms with E-state index < -0.39 is 4.92 Å². The van der Waals surface area contributed by atoms with Gasteiger partial charge in [-0.3, -0.25) is 10.1 Å². The average molecular weight is 391 g/mol. The number of nitrogens with zero attached hydrogens (tertiary/aromatic N) is 3. The highest BCUT2D eigenvalue weighted by atomic mass is 32.1. The third-order valence-corrected chi connectivity index (χ3v) is 6.08. The van der Waals surface area contributed by atoms with Crippen molar-refractivity contribution in [3.8, 4) is 17.4 Å². The van der Waals surface area contributed by atoms with Gasteiger partial charge >= 0.3 is 0 Å². The van der Waals surface area contributed by atoms with Gasteiger partial charge in [-0.1, -0.05) is 0 Å². The van der Waals surface area contributed by atoms with Gasteiger partial charge in [0.2, 0.25) is 0 Å². The molecule has 0 N–H and O–H groups in total. The average Bonchev–Trinajstić information content (AvgIpc) is 3.30. The monoisotopic (exact) mass is 391 g/mol. The lowest BCUT2D eigenvalue weighted by molar-refractivity contribution is -0.385. The van der Waals surface area contributed by atoms with Crippen molar-refractivity contribution in [2.45, 2.75) is 32.6 Å². The van der Waals surface area contributed by atoms with Crippen LogP contribution in [0.2, 0.25) is 0 Å². The summed E-state index contributed by atoms with van der Waals surface area (Å²) >= 11 is 1.59. The molecular formula is C21H17N3O3S. The van der Waals surface area contributed by atoms with E-state index in [0.717, 1.165) is 41.8 Å². The van der Waals surface area contributed by atoms with Crippen LogP contribution in [0.15, 0.2) is 39.7 Å². The second-order valence-corrected chi connectivity index (χ2v) is 7.81. The SMILES string of the molecule is Cc1cc(-c2ccc(/C=N/c3sc4c(c3C#N)CCCC4)o2)ccc1[N+](=O)[O-]. The fraction of sp³-hybridized carbons (Fsp3) is 0.238. The molecule has 0 aliphatic heterocycles. The van der Waals surface area contributed by atoms with Crippen molar-refractivity contribution in [3.05, 3.63) is 67.8 Å². The Morgan fingerprint density at radius 1 is 1.29 bits per heavy atom. The Balaban J connectivity index is 1.59. The standard InChI is InChI=1S/C21H17N3O3S/c1-13-10-14(6-8-18(13)24(25)26)19-9-7-15(27-19)12-23-21-17(11-22)16-4-2-3-5-20(16)28-21/h6-10,12H,2-5H2,1H3/b23-12+. The number of furan rings is 1. The molecule has 28 heavy (non-hydrogen) atoms. The molecule has 1 aliphatic rings. The van der Waals surface area contributed by atoms with E-state index in [1.807, 2.05) is 6.07 Å². The van der Waals surface area contributed by atoms with Gasteiger partial charge in [0.05, 0.1) is 16.7 Å². The molecule has 1 aromatic carbocycles. The smallest absolute Gasteiger partial charge is 0.272 e. The lowest BCUT2D eigenvalue weighted by Gasteiger charge is -2.09. The van der Waals surface area contributed by atoms with Crippen molar-refractivity contribution in [1.82, 2.24) is 0 Å². The molecule has 0 saturated heterocycles. The van der Waals surface area contributed by atoms with Crippen molar-refractivity contribution in [2.75, 3.05) is 0 Å². The van der Waals surface area contributed by atoms with Crippen LogP contribution in [-0.2, 0) is 12.8 Å². The molecule has 140 valence electrons. The molecule has 0 saturated carbocycles. The van der Waals surface area contributed by atoms with Gasteiger partial charge in [-0.25, -0.2) is 4.99 Å². The highest BCUT2D eigenvalue weighted by molar-refractivity contribution is 7.16. The maximum Gasteiger partial charge on any atom is 0.272 e. The predicted octanol–water partition coefficient (Wildman–Crippen LogP) is 5.73. The van der Waals surface area contributed by atoms with Crippen LogP contribution in [0.4, 0.5) is 10.7 Å². The number of thiophene rings is 1. The number of fused-ring (bicyclic) bond motifs is 1. The first-order chi connectivity index (χ1) is 13.6. The second kappa shape index (κ2) is 7.41. The van der Waals surface area contributed by atoms with Crippen LogP contribution in [-0.4, -0.2) is 11.1 Å². The molecule has 6 nitrogen and oxygen atoms in total. The summed E-state index contributed by atoms with van der Waals surface area (Å²) in [6.07, 6.45) is 5.89. The minimum Gasteiger partial charge on any atom is -0.455 e. The third-order valence-electron chi connectivity index (χ3n) is 4.88. The van der Waals surface area contributed by atoms with Gasteiger partial charge in [0.15, 0.2) is 0 Å². The van der Waals surface area contributed by atoms with Gasteiger partial charge in [0.1, 0.15) is 22.6 Å². The van der Waals surface area contributed by atoms with Crippen molar-refractivity contribution < 1.29 is 9.34 Å². The molecule has 0 bridgehead atoms. The fourth-order valence-corrected chi connectivity index (χ4v) is 4.65. The Morgan fingerprint density at radius 2 is 2.11 bits per heavy atom. The first-order valence-electron chi connectivity index (χ1n) is 9.01. The summed E-state index contributed by atoms with van der Waals surface area (Å²) in [5.41, 5.74) is 3.29. The number of aryl methyl sites for hydroxylation is 2. The predicted molar refractivity (Wildman–Crippen MR) is 108 cm³/mol. The molecule has 0 unspecified atom stereocenters. The van der Waals surface area contributed by atoms with Crippen LogP contribution in [0, 0.1) is 28.4 Å². The number of nitro benzene ring substituents is 1. The topological polar surface area (TPSA) is 92.4 Å². The van der Waals surface area contributed by atoms with E-state index in [2.05, 4.69) is 11.1 Å². The van der Waals surface area contributed by atoms with E-state index in [4.69, 9.17) is 4.42 Å². The number of hydrogen-bond donors (Lipinski definition) is 0. The van der Waals surface area contributed by atoms with Crippen molar-refractivity contribution in [2.24, 2.45) is 4.99 Å². The Labute approximate surface area is 165 Å². The molecule has 0 amide bonds. The highest BCUT2D eigenvalue weighted by Crippen LogP contribution is 2.39. The van der Waals surface area contributed by atoms with E-state index in [9.17, 15) is 15.4 Å². The minimum absolute atomic E-state index is 0.0859. The maximum absolute atomic E-state index is 11.0. The van der Waals surface area contributed by atoms with Gasteiger partial charge in [0.25, 0.3) is 5.69 Å². The van der Waals surface area contributed by atoms with Crippen LogP contribution < -0.4 is 0 Å². The molecular weight excluding hydrogens is 374 g/mol. The second-order valence-electron chi connectivity index (χ2n) is 6.72. The lowest BCUT2D eigenvalue weighted by Crippen LogP contribution is -1.99. The summed E-state index contributed by atoms with van der Waals surface area (Å²) < 4.78 is 5.82. The van der Waals surface area contributed by atoms with Crippen molar-refractivity contribution in [3.63, 3.8) is 0 Å². The van der Waals surface area contributed by atoms with Gasteiger partial charge in [0, 0.05) is 22.1 Å². The first kappa shape index (κ1) is 18.1. The molecule has 2 aromatic heterocycles. The third kappa shape index (κ3) is 3.35. The normalized spacial score (nSPS) is 13.4. The Kier molecular flexibility index (Phi) is 4.80. The van der Waals surface area contributed by atoms with Gasteiger partial charge in [-0.05, 0) is 62.4 Å². The number of nitro groups is 1. The number of aliphatic imine (C=N–C) groups is 1. The Bertz CT molecular complexity index is 1130. The summed E-state index contributed by atoms with van der Waals surface area (Å²) in [5.74, 6) is 1.19. The zero-order valence-electron chi connectivity index (χ0n) is 15.3. The molecule has 0 fully saturated rings. The maximum atomic E-state index is 11.0. The van der Waals surface area contributed by atoms with Gasteiger partial charge < -0.3 is 4.42 Å². The first-order valence-corrected chi connectivity index (χ1v) is 9.82. The van der Waals surface area contributed by atoms with Crippen LogP contribution in [0.1, 0.15) is 40.2 Å². The quantitative estimate of drug-likeness (QED) is 0.323. The van der Waals surface area contributed by atoms with E-state index in [-0.39, 0.29) is 5.69 Å². The largest absolute Gasteiger partial charge is 0.455 e. The Hall–Kier alpha value is -3.24. The van der Waals surface area contributed by atoms with Gasteiger partial charge in [-0.2, -0.15) is 5.26 Å². The Morgan fingerprint density at radius 3 is 2.86 bits per heavy atom. The molecule has 7 heteroatoms. The zero-order valence-corrected chi connectivity index (χ0v) is 16.1. The van der Waals surface area contributed by atoms with Crippen LogP contribution >= 0.6 is 11.3 Å². The molecule has 0 spiro atoms. The molecule has 0 atom stereocenters. The molecule has 1 aliphatic carbocycles. The molecule has 4 rings (SSSR count). The number of rotatable bonds is 4. The summed E-state index contributed by atoms with van der Waals surface area (Å²) in [6, 6.07) is 10.8. The van der Waals surface area contributed by atoms with Crippen LogP contribution in [0.3, 0.4) is 0 Å². The van der Waals surface area contributed by atoms with E-state index in [0.29, 0.717) is 22.6 Å². The summed E-state index contributed by atoms with van der Waals surface area (Å²) in [6.45, 7) is 1.70. The van der Waals surface area contributed by atoms with Crippen LogP contribution in [0.5, 0.6) is 0 Å². The van der Waals surface area contributed by atoms with E-state index in [1.54, 1.807) is 42.7 Å². The summed E-state index contributed by atoms with van der Waals surface area (Å²) in [5, 5.41) is 21.2. The van der Waals surface area contributed by atoms with Crippen molar-refractivity contribution >= 4 is 28.2 Å². The lowest BCUT2D eigenvalue weighted by atomic mass is 9.96. The number of nitriles is 1. The fourth-order valence-electron chi connectivity index (χ4n) is 3.47. The van der Waals surface area contributed by atoms with Crippen molar-refractivity contribution in [1.29, 1.82) is 5.26 Å². The van der Waals surface area contributed by atoms with E-state index >= 15 is 0 Å². The molecule has 2 heterocycles. The van der Waals surface area contributed by atoms with Crippen LogP contribution in [0.25, 0.3) is 11.3 Å². The molecule has 3 aromatic rings. The number of hydrogen-bond acceptors (Lipinski definition) is 6. The number of benzene rings is 1. The molecule has 0 radical (unpaired) electrons. The highest BCUT2D eigenvalue weighted by Gasteiger charge is 2.20. The minimum atomic E-state index is -0.396. The summed E-state index contributed by atoms with van der Waals surface area (Å²) in [7, 11) is 0. The zero-order chi connectivity index (χ0) is 19.7. The van der Waals surface area contributed by atoms with Gasteiger partial charge in [-0.15, -0.1) is 11.3 Å². The summed E-state index contributed by atoms with van der Waals surface area (Å²) in [4.78, 5) is 16.3. The van der Waals surface area contributed by atoms with E-state index in [1.165, 1.54) is 10.9 Å².